The summed E-state index contributed by atoms with van der Waals surface area (Å²) in [6, 6.07) is 11.4. The number of aryl methyl sites for hydroxylation is 1. The van der Waals surface area contributed by atoms with Crippen LogP contribution in [0.3, 0.4) is 0 Å². The number of rotatable bonds is 7. The molecule has 8 heteroatoms. The molecule has 0 N–H and O–H groups in total. The van der Waals surface area contributed by atoms with E-state index in [1.807, 2.05) is 50.2 Å². The van der Waals surface area contributed by atoms with E-state index in [1.54, 1.807) is 9.80 Å². The molecule has 2 atom stereocenters. The van der Waals surface area contributed by atoms with Crippen LogP contribution in [0.2, 0.25) is 0 Å². The molecule has 2 aromatic carbocycles. The maximum atomic E-state index is 13.7. The normalized spacial score (nSPS) is 20.8. The van der Waals surface area contributed by atoms with Gasteiger partial charge in [-0.05, 0) is 61.6 Å². The van der Waals surface area contributed by atoms with Gasteiger partial charge in [0.15, 0.2) is 17.6 Å². The summed E-state index contributed by atoms with van der Waals surface area (Å²) in [5.41, 5.74) is 2.58. The summed E-state index contributed by atoms with van der Waals surface area (Å²) >= 11 is 0. The highest BCUT2D eigenvalue weighted by atomic mass is 16.7. The zero-order valence-electron chi connectivity index (χ0n) is 19.6. The molecule has 1 fully saturated rings. The van der Waals surface area contributed by atoms with E-state index in [4.69, 9.17) is 18.9 Å². The fourth-order valence-electron chi connectivity index (χ4n) is 4.64. The molecule has 2 aromatic rings. The van der Waals surface area contributed by atoms with Crippen molar-refractivity contribution in [2.75, 3.05) is 31.4 Å². The Labute approximate surface area is 199 Å². The standard InChI is InChI=1S/C26H30N2O6/c1-3-21-26(30)28(20-11-17(2)6-8-22(20)34-21)15-25(29)27(14-19-5-4-10-31-19)13-18-7-9-23-24(12-18)33-16-32-23/h6-9,11-12,19,21H,3-5,10,13-16H2,1-2H3/t19-,21+/m1/s1. The number of carbonyl (C=O) groups is 2. The van der Waals surface area contributed by atoms with E-state index in [-0.39, 0.29) is 31.3 Å². The molecule has 0 aliphatic carbocycles. The van der Waals surface area contributed by atoms with E-state index in [9.17, 15) is 9.59 Å². The summed E-state index contributed by atoms with van der Waals surface area (Å²) in [6.07, 6.45) is 1.85. The first-order chi connectivity index (χ1) is 16.5. The highest BCUT2D eigenvalue weighted by Crippen LogP contribution is 2.36. The van der Waals surface area contributed by atoms with E-state index in [0.29, 0.717) is 49.1 Å². The molecule has 2 amide bonds. The first-order valence-corrected chi connectivity index (χ1v) is 11.9. The van der Waals surface area contributed by atoms with E-state index in [1.165, 1.54) is 0 Å². The van der Waals surface area contributed by atoms with Crippen molar-refractivity contribution in [3.05, 3.63) is 47.5 Å². The van der Waals surface area contributed by atoms with Gasteiger partial charge in [0.25, 0.3) is 5.91 Å². The van der Waals surface area contributed by atoms with Crippen molar-refractivity contribution in [1.82, 2.24) is 4.90 Å². The van der Waals surface area contributed by atoms with Crippen molar-refractivity contribution in [2.24, 2.45) is 0 Å². The van der Waals surface area contributed by atoms with Crippen LogP contribution in [0, 0.1) is 6.92 Å². The van der Waals surface area contributed by atoms with Crippen molar-refractivity contribution in [2.45, 2.75) is 51.9 Å². The highest BCUT2D eigenvalue weighted by Gasteiger charge is 2.36. The number of hydrogen-bond acceptors (Lipinski definition) is 6. The molecular weight excluding hydrogens is 436 g/mol. The van der Waals surface area contributed by atoms with Gasteiger partial charge in [-0.1, -0.05) is 19.1 Å². The molecule has 180 valence electrons. The third kappa shape index (κ3) is 4.55. The SMILES string of the molecule is CC[C@@H]1Oc2ccc(C)cc2N(CC(=O)N(Cc2ccc3c(c2)OCO3)C[C@H]2CCCO2)C1=O. The topological polar surface area (TPSA) is 77.5 Å². The fourth-order valence-corrected chi connectivity index (χ4v) is 4.64. The van der Waals surface area contributed by atoms with E-state index < -0.39 is 6.10 Å². The summed E-state index contributed by atoms with van der Waals surface area (Å²) < 4.78 is 22.6. The summed E-state index contributed by atoms with van der Waals surface area (Å²) in [5.74, 6) is 1.70. The number of carbonyl (C=O) groups excluding carboxylic acids is 2. The molecule has 0 unspecified atom stereocenters. The van der Waals surface area contributed by atoms with Crippen molar-refractivity contribution in [3.8, 4) is 17.2 Å². The quantitative estimate of drug-likeness (QED) is 0.622. The van der Waals surface area contributed by atoms with Gasteiger partial charge < -0.3 is 23.8 Å². The predicted octanol–water partition coefficient (Wildman–Crippen LogP) is 3.44. The third-order valence-corrected chi connectivity index (χ3v) is 6.49. The van der Waals surface area contributed by atoms with E-state index in [2.05, 4.69) is 0 Å². The van der Waals surface area contributed by atoms with Crippen LogP contribution in [0.25, 0.3) is 0 Å². The zero-order chi connectivity index (χ0) is 23.7. The van der Waals surface area contributed by atoms with Gasteiger partial charge in [-0.15, -0.1) is 0 Å². The van der Waals surface area contributed by atoms with Crippen LogP contribution in [-0.2, 0) is 20.9 Å². The lowest BCUT2D eigenvalue weighted by atomic mass is 10.1. The number of hydrogen-bond donors (Lipinski definition) is 0. The Morgan fingerprint density at radius 1 is 1.12 bits per heavy atom. The van der Waals surface area contributed by atoms with Crippen molar-refractivity contribution in [1.29, 1.82) is 0 Å². The number of benzene rings is 2. The average Bonchev–Trinajstić information content (AvgIpc) is 3.52. The predicted molar refractivity (Wildman–Crippen MR) is 125 cm³/mol. The summed E-state index contributed by atoms with van der Waals surface area (Å²) in [6.45, 7) is 5.60. The lowest BCUT2D eigenvalue weighted by Gasteiger charge is -2.35. The monoisotopic (exact) mass is 466 g/mol. The van der Waals surface area contributed by atoms with Gasteiger partial charge in [-0.2, -0.15) is 0 Å². The Bertz CT molecular complexity index is 1080. The van der Waals surface area contributed by atoms with Gasteiger partial charge in [0, 0.05) is 19.7 Å². The van der Waals surface area contributed by atoms with Crippen LogP contribution in [0.1, 0.15) is 37.3 Å². The Balaban J connectivity index is 1.39. The minimum atomic E-state index is -0.594. The number of fused-ring (bicyclic) bond motifs is 2. The maximum absolute atomic E-state index is 13.7. The Hall–Kier alpha value is -3.26. The number of ether oxygens (including phenoxy) is 4. The molecule has 3 aliphatic heterocycles. The fraction of sp³-hybridized carbons (Fsp3) is 0.462. The van der Waals surface area contributed by atoms with Crippen LogP contribution in [0.5, 0.6) is 17.2 Å². The molecule has 0 saturated carbocycles. The average molecular weight is 467 g/mol. The lowest BCUT2D eigenvalue weighted by Crippen LogP contribution is -2.51. The van der Waals surface area contributed by atoms with Gasteiger partial charge >= 0.3 is 0 Å². The van der Waals surface area contributed by atoms with E-state index >= 15 is 0 Å². The van der Waals surface area contributed by atoms with Crippen LogP contribution < -0.4 is 19.1 Å². The van der Waals surface area contributed by atoms with Crippen LogP contribution in [0.4, 0.5) is 5.69 Å². The summed E-state index contributed by atoms with van der Waals surface area (Å²) in [7, 11) is 0. The van der Waals surface area contributed by atoms with E-state index in [0.717, 1.165) is 24.0 Å². The lowest BCUT2D eigenvalue weighted by molar-refractivity contribution is -0.135. The van der Waals surface area contributed by atoms with Gasteiger partial charge in [0.05, 0.1) is 11.8 Å². The molecule has 0 spiro atoms. The molecule has 1 saturated heterocycles. The number of nitrogens with zero attached hydrogens (tertiary/aromatic N) is 2. The molecule has 8 nitrogen and oxygen atoms in total. The molecular formula is C26H30N2O6. The van der Waals surface area contributed by atoms with Gasteiger partial charge in [-0.3, -0.25) is 14.5 Å². The maximum Gasteiger partial charge on any atom is 0.268 e. The van der Waals surface area contributed by atoms with Gasteiger partial charge in [-0.25, -0.2) is 0 Å². The molecule has 3 heterocycles. The smallest absolute Gasteiger partial charge is 0.268 e. The Kier molecular flexibility index (Phi) is 6.32. The van der Waals surface area contributed by atoms with Crippen LogP contribution in [0.15, 0.2) is 36.4 Å². The molecule has 34 heavy (non-hydrogen) atoms. The largest absolute Gasteiger partial charge is 0.478 e. The van der Waals surface area contributed by atoms with Crippen molar-refractivity contribution in [3.63, 3.8) is 0 Å². The second-order valence-electron chi connectivity index (χ2n) is 9.01. The number of anilines is 1. The Morgan fingerprint density at radius 2 is 1.94 bits per heavy atom. The molecule has 0 radical (unpaired) electrons. The number of amides is 2. The minimum absolute atomic E-state index is 0.00345. The third-order valence-electron chi connectivity index (χ3n) is 6.49. The minimum Gasteiger partial charge on any atom is -0.478 e. The zero-order valence-corrected chi connectivity index (χ0v) is 19.6. The molecule has 0 aromatic heterocycles. The highest BCUT2D eigenvalue weighted by molar-refractivity contribution is 6.03. The second kappa shape index (κ2) is 9.54. The molecule has 3 aliphatic rings. The second-order valence-corrected chi connectivity index (χ2v) is 9.01. The summed E-state index contributed by atoms with van der Waals surface area (Å²) in [4.78, 5) is 30.2. The van der Waals surface area contributed by atoms with Crippen LogP contribution in [-0.4, -0.2) is 55.4 Å². The van der Waals surface area contributed by atoms with Gasteiger partial charge in [0.1, 0.15) is 12.3 Å². The first kappa shape index (κ1) is 22.5. The van der Waals surface area contributed by atoms with Crippen molar-refractivity contribution >= 4 is 17.5 Å². The van der Waals surface area contributed by atoms with Crippen LogP contribution >= 0.6 is 0 Å². The molecule has 0 bridgehead atoms. The molecule has 5 rings (SSSR count). The summed E-state index contributed by atoms with van der Waals surface area (Å²) in [5, 5.41) is 0. The van der Waals surface area contributed by atoms with Gasteiger partial charge in [0.2, 0.25) is 12.7 Å². The van der Waals surface area contributed by atoms with Crippen molar-refractivity contribution < 1.29 is 28.5 Å². The first-order valence-electron chi connectivity index (χ1n) is 11.9. The Morgan fingerprint density at radius 3 is 2.74 bits per heavy atom.